The molecule has 1 amide bonds. The molecule has 5 nitrogen and oxygen atoms in total. The first-order valence-electron chi connectivity index (χ1n) is 6.51. The van der Waals surface area contributed by atoms with E-state index in [1.54, 1.807) is 11.9 Å². The minimum atomic E-state index is -4.11. The largest absolute Gasteiger partial charge is 0.339 e. The zero-order valence-corrected chi connectivity index (χ0v) is 13.9. The Hall–Kier alpha value is -0.990. The zero-order valence-electron chi connectivity index (χ0n) is 11.5. The van der Waals surface area contributed by atoms with Crippen molar-refractivity contribution in [2.45, 2.75) is 36.6 Å². The number of carbonyl (C=O) groups is 1. The predicted molar refractivity (Wildman–Crippen MR) is 79.8 cm³/mol. The fourth-order valence-corrected chi connectivity index (χ4v) is 4.29. The summed E-state index contributed by atoms with van der Waals surface area (Å²) >= 11 is 3.06. The van der Waals surface area contributed by atoms with Crippen LogP contribution in [0.15, 0.2) is 21.5 Å². The third-order valence-corrected chi connectivity index (χ3v) is 5.79. The third-order valence-electron chi connectivity index (χ3n) is 3.73. The molecule has 116 valence electrons. The fraction of sp³-hybridized carbons (Fsp3) is 0.462. The fourth-order valence-electron chi connectivity index (χ4n) is 2.57. The Morgan fingerprint density at radius 2 is 1.95 bits per heavy atom. The molecule has 0 aliphatic heterocycles. The highest BCUT2D eigenvalue weighted by Gasteiger charge is 2.28. The maximum Gasteiger partial charge on any atom is 0.255 e. The number of nitrogens with two attached hydrogens (primary N) is 1. The predicted octanol–water partition coefficient (Wildman–Crippen LogP) is 2.25. The van der Waals surface area contributed by atoms with E-state index in [-0.39, 0.29) is 16.1 Å². The molecule has 0 spiro atoms. The van der Waals surface area contributed by atoms with Gasteiger partial charge in [0.25, 0.3) is 5.91 Å². The normalized spacial score (nSPS) is 16.2. The van der Waals surface area contributed by atoms with Gasteiger partial charge in [0.05, 0.1) is 14.9 Å². The standard InChI is InChI=1S/C13H16BrFN2O3S/c1-17(9-4-2-3-5-9)13(18)10-6-8(15)7-11(12(10)14)21(16,19)20/h6-7,9H,2-5H2,1H3,(H2,16,19,20). The van der Waals surface area contributed by atoms with Crippen molar-refractivity contribution in [3.05, 3.63) is 28.0 Å². The van der Waals surface area contributed by atoms with Crippen molar-refractivity contribution >= 4 is 31.9 Å². The summed E-state index contributed by atoms with van der Waals surface area (Å²) in [6.45, 7) is 0. The Morgan fingerprint density at radius 3 is 2.48 bits per heavy atom. The van der Waals surface area contributed by atoms with Gasteiger partial charge >= 0.3 is 0 Å². The summed E-state index contributed by atoms with van der Waals surface area (Å²) in [5, 5.41) is 5.04. The summed E-state index contributed by atoms with van der Waals surface area (Å²) in [5.41, 5.74) is -0.0339. The highest BCUT2D eigenvalue weighted by atomic mass is 79.9. The van der Waals surface area contributed by atoms with E-state index < -0.39 is 26.6 Å². The Morgan fingerprint density at radius 1 is 1.38 bits per heavy atom. The van der Waals surface area contributed by atoms with Gasteiger partial charge < -0.3 is 4.90 Å². The smallest absolute Gasteiger partial charge is 0.255 e. The van der Waals surface area contributed by atoms with Crippen LogP contribution in [0.4, 0.5) is 4.39 Å². The van der Waals surface area contributed by atoms with E-state index >= 15 is 0 Å². The number of hydrogen-bond donors (Lipinski definition) is 1. The summed E-state index contributed by atoms with van der Waals surface area (Å²) in [7, 11) is -2.47. The molecule has 1 aromatic carbocycles. The molecule has 1 fully saturated rings. The Labute approximate surface area is 131 Å². The number of primary sulfonamides is 1. The van der Waals surface area contributed by atoms with Crippen molar-refractivity contribution in [3.63, 3.8) is 0 Å². The summed E-state index contributed by atoms with van der Waals surface area (Å²) in [5.74, 6) is -1.23. The number of rotatable bonds is 3. The molecule has 0 radical (unpaired) electrons. The quantitative estimate of drug-likeness (QED) is 0.875. The van der Waals surface area contributed by atoms with Gasteiger partial charge in [-0.1, -0.05) is 12.8 Å². The minimum Gasteiger partial charge on any atom is -0.339 e. The minimum absolute atomic E-state index is 0.00115. The second kappa shape index (κ2) is 6.02. The van der Waals surface area contributed by atoms with Gasteiger partial charge in [-0.2, -0.15) is 0 Å². The highest BCUT2D eigenvalue weighted by molar-refractivity contribution is 9.10. The van der Waals surface area contributed by atoms with Gasteiger partial charge in [-0.05, 0) is 40.9 Å². The zero-order chi connectivity index (χ0) is 15.8. The third kappa shape index (κ3) is 3.44. The first-order valence-corrected chi connectivity index (χ1v) is 8.84. The summed E-state index contributed by atoms with van der Waals surface area (Å²) in [6.07, 6.45) is 3.90. The molecule has 21 heavy (non-hydrogen) atoms. The molecule has 1 aliphatic rings. The van der Waals surface area contributed by atoms with Crippen molar-refractivity contribution in [2.75, 3.05) is 7.05 Å². The molecule has 0 unspecified atom stereocenters. The lowest BCUT2D eigenvalue weighted by molar-refractivity contribution is 0.0733. The average molecular weight is 379 g/mol. The van der Waals surface area contributed by atoms with E-state index in [9.17, 15) is 17.6 Å². The molecular weight excluding hydrogens is 363 g/mol. The monoisotopic (exact) mass is 378 g/mol. The van der Waals surface area contributed by atoms with Crippen LogP contribution >= 0.6 is 15.9 Å². The van der Waals surface area contributed by atoms with Crippen molar-refractivity contribution in [1.82, 2.24) is 4.90 Å². The number of carbonyl (C=O) groups excluding carboxylic acids is 1. The SMILES string of the molecule is CN(C(=O)c1cc(F)cc(S(N)(=O)=O)c1Br)C1CCCC1. The van der Waals surface area contributed by atoms with Crippen LogP contribution in [0.3, 0.4) is 0 Å². The first-order chi connectivity index (χ1) is 9.71. The number of nitrogens with zero attached hydrogens (tertiary/aromatic N) is 1. The second-order valence-corrected chi connectivity index (χ2v) is 7.49. The number of amides is 1. The van der Waals surface area contributed by atoms with Gasteiger partial charge in [0.1, 0.15) is 5.82 Å². The maximum atomic E-state index is 13.6. The van der Waals surface area contributed by atoms with E-state index in [0.717, 1.165) is 37.8 Å². The molecule has 1 saturated carbocycles. The van der Waals surface area contributed by atoms with Gasteiger partial charge in [-0.15, -0.1) is 0 Å². The Balaban J connectivity index is 2.44. The van der Waals surface area contributed by atoms with E-state index in [1.807, 2.05) is 0 Å². The topological polar surface area (TPSA) is 80.5 Å². The maximum absolute atomic E-state index is 13.6. The van der Waals surface area contributed by atoms with Gasteiger partial charge in [-0.3, -0.25) is 4.79 Å². The van der Waals surface area contributed by atoms with Crippen LogP contribution in [0.5, 0.6) is 0 Å². The molecule has 2 N–H and O–H groups in total. The lowest BCUT2D eigenvalue weighted by atomic mass is 10.1. The van der Waals surface area contributed by atoms with Crippen molar-refractivity contribution in [3.8, 4) is 0 Å². The van der Waals surface area contributed by atoms with Crippen LogP contribution < -0.4 is 5.14 Å². The van der Waals surface area contributed by atoms with Crippen LogP contribution in [0.1, 0.15) is 36.0 Å². The van der Waals surface area contributed by atoms with Gasteiger partial charge in [0.15, 0.2) is 0 Å². The summed E-state index contributed by atoms with van der Waals surface area (Å²) in [6, 6.07) is 1.92. The molecule has 1 aliphatic carbocycles. The van der Waals surface area contributed by atoms with E-state index in [4.69, 9.17) is 5.14 Å². The Bertz CT molecular complexity index is 672. The van der Waals surface area contributed by atoms with E-state index in [1.165, 1.54) is 0 Å². The molecule has 8 heteroatoms. The van der Waals surface area contributed by atoms with Gasteiger partial charge in [-0.25, -0.2) is 17.9 Å². The first kappa shape index (κ1) is 16.4. The Kier molecular flexibility index (Phi) is 4.69. The lowest BCUT2D eigenvalue weighted by Gasteiger charge is -2.25. The number of benzene rings is 1. The van der Waals surface area contributed by atoms with Gasteiger partial charge in [0, 0.05) is 13.1 Å². The number of halogens is 2. The van der Waals surface area contributed by atoms with Crippen LogP contribution in [0.25, 0.3) is 0 Å². The molecule has 0 atom stereocenters. The number of hydrogen-bond acceptors (Lipinski definition) is 3. The summed E-state index contributed by atoms with van der Waals surface area (Å²) < 4.78 is 36.6. The molecule has 0 heterocycles. The van der Waals surface area contributed by atoms with Crippen LogP contribution in [0, 0.1) is 5.82 Å². The molecule has 0 saturated heterocycles. The molecule has 1 aromatic rings. The van der Waals surface area contributed by atoms with Crippen LogP contribution in [-0.4, -0.2) is 32.3 Å². The number of sulfonamides is 1. The van der Waals surface area contributed by atoms with Crippen molar-refractivity contribution < 1.29 is 17.6 Å². The second-order valence-electron chi connectivity index (χ2n) is 5.16. The summed E-state index contributed by atoms with van der Waals surface area (Å²) in [4.78, 5) is 13.6. The average Bonchev–Trinajstić information content (AvgIpc) is 2.92. The van der Waals surface area contributed by atoms with Gasteiger partial charge in [0.2, 0.25) is 10.0 Å². The molecular formula is C13H16BrFN2O3S. The molecule has 0 bridgehead atoms. The van der Waals surface area contributed by atoms with Crippen molar-refractivity contribution in [1.29, 1.82) is 0 Å². The van der Waals surface area contributed by atoms with Crippen LogP contribution in [-0.2, 0) is 10.0 Å². The molecule has 0 aromatic heterocycles. The van der Waals surface area contributed by atoms with Crippen LogP contribution in [0.2, 0.25) is 0 Å². The van der Waals surface area contributed by atoms with Crippen molar-refractivity contribution in [2.24, 2.45) is 5.14 Å². The van der Waals surface area contributed by atoms with E-state index in [0.29, 0.717) is 0 Å². The molecule has 2 rings (SSSR count). The van der Waals surface area contributed by atoms with E-state index in [2.05, 4.69) is 15.9 Å². The highest BCUT2D eigenvalue weighted by Crippen LogP contribution is 2.30. The lowest BCUT2D eigenvalue weighted by Crippen LogP contribution is -2.35.